The number of pyridine rings is 2. The van der Waals surface area contributed by atoms with Crippen LogP contribution >= 0.6 is 0 Å². The Hall–Kier alpha value is -3.73. The number of rotatable bonds is 7. The third-order valence-corrected chi connectivity index (χ3v) is 6.01. The summed E-state index contributed by atoms with van der Waals surface area (Å²) in [6.45, 7) is -2.86. The predicted octanol–water partition coefficient (Wildman–Crippen LogP) is 5.82. The van der Waals surface area contributed by atoms with Crippen LogP contribution in [0.4, 0.5) is 20.2 Å². The monoisotopic (exact) mass is 450 g/mol. The molecule has 0 unspecified atom stereocenters. The summed E-state index contributed by atoms with van der Waals surface area (Å²) in [5, 5.41) is 8.98. The van der Waals surface area contributed by atoms with E-state index in [-0.39, 0.29) is 11.8 Å². The van der Waals surface area contributed by atoms with Crippen molar-refractivity contribution in [1.29, 1.82) is 5.26 Å². The minimum absolute atomic E-state index is 0.115. The molecule has 0 N–H and O–H groups in total. The molecule has 6 nitrogen and oxygen atoms in total. The van der Waals surface area contributed by atoms with Crippen LogP contribution < -0.4 is 14.4 Å². The molecule has 1 fully saturated rings. The zero-order chi connectivity index (χ0) is 23.2. The van der Waals surface area contributed by atoms with Gasteiger partial charge in [0, 0.05) is 30.2 Å². The normalized spacial score (nSPS) is 17.9. The van der Waals surface area contributed by atoms with Crippen molar-refractivity contribution in [2.75, 3.05) is 12.0 Å². The number of anilines is 2. The average molecular weight is 450 g/mol. The van der Waals surface area contributed by atoms with E-state index in [1.165, 1.54) is 0 Å². The molecule has 8 heteroatoms. The first-order valence-electron chi connectivity index (χ1n) is 10.8. The lowest BCUT2D eigenvalue weighted by Gasteiger charge is -2.39. The van der Waals surface area contributed by atoms with Gasteiger partial charge in [0.1, 0.15) is 28.9 Å². The van der Waals surface area contributed by atoms with Crippen molar-refractivity contribution in [2.24, 2.45) is 0 Å². The second-order valence-corrected chi connectivity index (χ2v) is 7.88. The van der Waals surface area contributed by atoms with Crippen LogP contribution in [-0.4, -0.2) is 29.7 Å². The van der Waals surface area contributed by atoms with Gasteiger partial charge in [0.15, 0.2) is 0 Å². The lowest BCUT2D eigenvalue weighted by Crippen LogP contribution is -2.34. The first-order chi connectivity index (χ1) is 16.1. The first-order valence-corrected chi connectivity index (χ1v) is 10.8. The molecule has 1 aromatic carbocycles. The van der Waals surface area contributed by atoms with Gasteiger partial charge in [0.2, 0.25) is 0 Å². The van der Waals surface area contributed by atoms with Crippen LogP contribution in [0.3, 0.4) is 0 Å². The molecule has 0 bridgehead atoms. The predicted molar refractivity (Wildman–Crippen MR) is 120 cm³/mol. The van der Waals surface area contributed by atoms with Crippen molar-refractivity contribution in [3.8, 4) is 17.6 Å². The maximum Gasteiger partial charge on any atom is 0.387 e. The quantitative estimate of drug-likeness (QED) is 0.452. The lowest BCUT2D eigenvalue weighted by atomic mass is 9.81. The van der Waals surface area contributed by atoms with Crippen LogP contribution in [0.1, 0.15) is 42.9 Å². The summed E-state index contributed by atoms with van der Waals surface area (Å²) in [5.41, 5.74) is 3.24. The van der Waals surface area contributed by atoms with Gasteiger partial charge in [-0.15, -0.1) is 0 Å². The van der Waals surface area contributed by atoms with Crippen molar-refractivity contribution >= 4 is 11.4 Å². The zero-order valence-electron chi connectivity index (χ0n) is 18.2. The van der Waals surface area contributed by atoms with Gasteiger partial charge in [-0.3, -0.25) is 4.98 Å². The molecule has 3 aromatic rings. The molecular weight excluding hydrogens is 426 g/mol. The number of ether oxygens (including phenoxy) is 2. The Bertz CT molecular complexity index is 1090. The van der Waals surface area contributed by atoms with Crippen LogP contribution in [0.25, 0.3) is 0 Å². The topological polar surface area (TPSA) is 71.3 Å². The highest BCUT2D eigenvalue weighted by Gasteiger charge is 2.29. The maximum absolute atomic E-state index is 12.6. The summed E-state index contributed by atoms with van der Waals surface area (Å²) >= 11 is 0. The van der Waals surface area contributed by atoms with Gasteiger partial charge in [-0.2, -0.15) is 14.0 Å². The number of halogens is 2. The fourth-order valence-corrected chi connectivity index (χ4v) is 4.44. The summed E-state index contributed by atoms with van der Waals surface area (Å²) < 4.78 is 35.2. The van der Waals surface area contributed by atoms with E-state index in [2.05, 4.69) is 25.7 Å². The summed E-state index contributed by atoms with van der Waals surface area (Å²) in [7, 11) is 1.62. The Morgan fingerprint density at radius 1 is 1.03 bits per heavy atom. The van der Waals surface area contributed by atoms with E-state index in [0.717, 1.165) is 42.6 Å². The molecule has 0 aliphatic heterocycles. The molecule has 1 aliphatic rings. The van der Waals surface area contributed by atoms with Crippen LogP contribution in [-0.2, 0) is 0 Å². The maximum atomic E-state index is 12.6. The Kier molecular flexibility index (Phi) is 6.98. The van der Waals surface area contributed by atoms with Gasteiger partial charge in [-0.25, -0.2) is 4.98 Å². The van der Waals surface area contributed by atoms with Crippen LogP contribution in [0.2, 0.25) is 0 Å². The van der Waals surface area contributed by atoms with Crippen molar-refractivity contribution in [3.63, 3.8) is 0 Å². The second-order valence-electron chi connectivity index (χ2n) is 7.88. The fourth-order valence-electron chi connectivity index (χ4n) is 4.44. The van der Waals surface area contributed by atoms with E-state index in [9.17, 15) is 8.78 Å². The van der Waals surface area contributed by atoms with Crippen LogP contribution in [0, 0.1) is 11.3 Å². The van der Waals surface area contributed by atoms with Gasteiger partial charge in [-0.1, -0.05) is 6.07 Å². The summed E-state index contributed by atoms with van der Waals surface area (Å²) in [4.78, 5) is 10.7. The molecule has 4 rings (SSSR count). The van der Waals surface area contributed by atoms with E-state index in [4.69, 9.17) is 10.00 Å². The highest BCUT2D eigenvalue weighted by atomic mass is 19.3. The van der Waals surface area contributed by atoms with Gasteiger partial charge in [0.25, 0.3) is 0 Å². The van der Waals surface area contributed by atoms with Crippen molar-refractivity contribution in [2.45, 2.75) is 44.3 Å². The van der Waals surface area contributed by atoms with E-state index in [0.29, 0.717) is 17.4 Å². The molecule has 33 heavy (non-hydrogen) atoms. The molecule has 0 spiro atoms. The number of aromatic nitrogens is 2. The second kappa shape index (κ2) is 10.3. The lowest BCUT2D eigenvalue weighted by molar-refractivity contribution is -0.0498. The largest absolute Gasteiger partial charge is 0.494 e. The van der Waals surface area contributed by atoms with Crippen molar-refractivity contribution < 1.29 is 18.3 Å². The number of alkyl halides is 2. The zero-order valence-corrected chi connectivity index (χ0v) is 18.2. The standard InChI is InChI=1S/C25H24F2N4O2/c1-32-24-12-13-29-16-23(24)31(21-8-10-22(11-9-21)33-25(26)27)20-6-3-17(4-7-20)18-2-5-19(14-28)30-15-18/h2,5,8-13,15-17,20,25H,3-4,6-7H2,1H3. The van der Waals surface area contributed by atoms with Crippen molar-refractivity contribution in [3.05, 3.63) is 72.3 Å². The number of nitriles is 1. The van der Waals surface area contributed by atoms with Gasteiger partial charge >= 0.3 is 6.61 Å². The first kappa shape index (κ1) is 22.5. The summed E-state index contributed by atoms with van der Waals surface area (Å²) in [6, 6.07) is 14.4. The van der Waals surface area contributed by atoms with Gasteiger partial charge in [0.05, 0.1) is 13.3 Å². The van der Waals surface area contributed by atoms with Gasteiger partial charge in [-0.05, 0) is 67.5 Å². The number of benzene rings is 1. The minimum Gasteiger partial charge on any atom is -0.494 e. The minimum atomic E-state index is -2.86. The molecule has 0 radical (unpaired) electrons. The molecular formula is C25H24F2N4O2. The average Bonchev–Trinajstić information content (AvgIpc) is 2.86. The molecule has 1 aliphatic carbocycles. The van der Waals surface area contributed by atoms with E-state index in [1.54, 1.807) is 56.0 Å². The van der Waals surface area contributed by atoms with E-state index in [1.807, 2.05) is 12.1 Å². The number of hydrogen-bond donors (Lipinski definition) is 0. The van der Waals surface area contributed by atoms with E-state index < -0.39 is 6.61 Å². The molecule has 170 valence electrons. The fraction of sp³-hybridized carbons (Fsp3) is 0.320. The van der Waals surface area contributed by atoms with E-state index >= 15 is 0 Å². The summed E-state index contributed by atoms with van der Waals surface area (Å²) in [5.74, 6) is 1.18. The Morgan fingerprint density at radius 2 is 1.79 bits per heavy atom. The third-order valence-electron chi connectivity index (χ3n) is 6.01. The highest BCUT2D eigenvalue weighted by Crippen LogP contribution is 2.42. The molecule has 2 heterocycles. The summed E-state index contributed by atoms with van der Waals surface area (Å²) in [6.07, 6.45) is 8.99. The van der Waals surface area contributed by atoms with Crippen LogP contribution in [0.15, 0.2) is 61.1 Å². The smallest absolute Gasteiger partial charge is 0.387 e. The Balaban J connectivity index is 1.58. The molecule has 1 saturated carbocycles. The van der Waals surface area contributed by atoms with Crippen molar-refractivity contribution in [1.82, 2.24) is 9.97 Å². The number of hydrogen-bond acceptors (Lipinski definition) is 6. The number of methoxy groups -OCH3 is 1. The Morgan fingerprint density at radius 3 is 2.39 bits per heavy atom. The number of nitrogens with zero attached hydrogens (tertiary/aromatic N) is 4. The van der Waals surface area contributed by atoms with Crippen LogP contribution in [0.5, 0.6) is 11.5 Å². The Labute approximate surface area is 191 Å². The molecule has 2 aromatic heterocycles. The molecule has 0 atom stereocenters. The highest BCUT2D eigenvalue weighted by molar-refractivity contribution is 5.69. The molecule has 0 amide bonds. The molecule has 0 saturated heterocycles. The van der Waals surface area contributed by atoms with Gasteiger partial charge < -0.3 is 14.4 Å². The SMILES string of the molecule is COc1ccncc1N(c1ccc(OC(F)F)cc1)C1CCC(c2ccc(C#N)nc2)CC1. The third kappa shape index (κ3) is 5.20.